The van der Waals surface area contributed by atoms with Crippen LogP contribution in [0.15, 0.2) is 51.8 Å². The number of rotatable bonds is 5. The van der Waals surface area contributed by atoms with Gasteiger partial charge in [-0.25, -0.2) is 4.79 Å². The van der Waals surface area contributed by atoms with Crippen LogP contribution in [0.5, 0.6) is 5.75 Å². The van der Waals surface area contributed by atoms with Crippen molar-refractivity contribution in [3.05, 3.63) is 63.0 Å². The van der Waals surface area contributed by atoms with Crippen LogP contribution in [0.4, 0.5) is 10.5 Å². The number of benzene rings is 2. The summed E-state index contributed by atoms with van der Waals surface area (Å²) in [7, 11) is 0. The van der Waals surface area contributed by atoms with Crippen LogP contribution in [-0.4, -0.2) is 44.7 Å². The van der Waals surface area contributed by atoms with Crippen LogP contribution in [0.3, 0.4) is 0 Å². The van der Waals surface area contributed by atoms with E-state index in [0.29, 0.717) is 27.5 Å². The first kappa shape index (κ1) is 20.6. The van der Waals surface area contributed by atoms with Crippen LogP contribution >= 0.6 is 27.7 Å². The third kappa shape index (κ3) is 4.84. The molecule has 10 heteroatoms. The summed E-state index contributed by atoms with van der Waals surface area (Å²) in [4.78, 5) is 48.6. The molecule has 148 valence electrons. The van der Waals surface area contributed by atoms with Gasteiger partial charge >= 0.3 is 5.97 Å². The highest BCUT2D eigenvalue weighted by Gasteiger charge is 2.36. The highest BCUT2D eigenvalue weighted by molar-refractivity contribution is 9.10. The van der Waals surface area contributed by atoms with Gasteiger partial charge in [0, 0.05) is 15.7 Å². The molecule has 3 rings (SSSR count). The highest BCUT2D eigenvalue weighted by Crippen LogP contribution is 2.34. The lowest BCUT2D eigenvalue weighted by Gasteiger charge is -2.12. The Bertz CT molecular complexity index is 1050. The molecule has 0 atom stereocenters. The van der Waals surface area contributed by atoms with Crippen LogP contribution < -0.4 is 5.32 Å². The number of nitrogens with zero attached hydrogens (tertiary/aromatic N) is 1. The highest BCUT2D eigenvalue weighted by atomic mass is 79.9. The van der Waals surface area contributed by atoms with Gasteiger partial charge in [0.15, 0.2) is 0 Å². The van der Waals surface area contributed by atoms with E-state index in [-0.39, 0.29) is 16.2 Å². The molecule has 2 aromatic rings. The first-order chi connectivity index (χ1) is 13.7. The Morgan fingerprint density at radius 2 is 1.83 bits per heavy atom. The molecule has 1 aliphatic heterocycles. The van der Waals surface area contributed by atoms with Gasteiger partial charge in [0.25, 0.3) is 11.1 Å². The zero-order chi connectivity index (χ0) is 21.1. The fraction of sp³-hybridized carbons (Fsp3) is 0.0526. The van der Waals surface area contributed by atoms with Crippen molar-refractivity contribution in [3.8, 4) is 5.75 Å². The number of carbonyl (C=O) groups excluding carboxylic acids is 3. The molecule has 8 nitrogen and oxygen atoms in total. The Kier molecular flexibility index (Phi) is 6.04. The molecule has 0 aromatic heterocycles. The lowest BCUT2D eigenvalue weighted by Crippen LogP contribution is -2.36. The number of carbonyl (C=O) groups is 4. The van der Waals surface area contributed by atoms with Crippen molar-refractivity contribution < 1.29 is 29.4 Å². The fourth-order valence-corrected chi connectivity index (χ4v) is 3.67. The molecule has 0 spiro atoms. The molecule has 0 radical (unpaired) electrons. The number of amides is 3. The van der Waals surface area contributed by atoms with E-state index in [1.807, 2.05) is 0 Å². The number of imide groups is 1. The summed E-state index contributed by atoms with van der Waals surface area (Å²) in [6.07, 6.45) is 1.38. The zero-order valence-electron chi connectivity index (χ0n) is 14.6. The number of phenols is 1. The molecule has 0 aliphatic carbocycles. The van der Waals surface area contributed by atoms with Gasteiger partial charge in [0.2, 0.25) is 5.91 Å². The van der Waals surface area contributed by atoms with Gasteiger partial charge in [-0.15, -0.1) is 0 Å². The lowest BCUT2D eigenvalue weighted by molar-refractivity contribution is -0.127. The maximum absolute atomic E-state index is 12.5. The molecule has 0 unspecified atom stereocenters. The number of halogens is 1. The Morgan fingerprint density at radius 1 is 1.14 bits per heavy atom. The second kappa shape index (κ2) is 8.50. The quantitative estimate of drug-likeness (QED) is 0.563. The number of hydrogen-bond donors (Lipinski definition) is 3. The minimum absolute atomic E-state index is 0.0532. The number of hydrogen-bond acceptors (Lipinski definition) is 6. The first-order valence-corrected chi connectivity index (χ1v) is 9.72. The summed E-state index contributed by atoms with van der Waals surface area (Å²) < 4.78 is 0.689. The van der Waals surface area contributed by atoms with E-state index >= 15 is 0 Å². The molecular formula is C19H13BrN2O6S. The summed E-state index contributed by atoms with van der Waals surface area (Å²) >= 11 is 3.94. The number of carboxylic acid groups (broad SMARTS) is 1. The topological polar surface area (TPSA) is 124 Å². The minimum atomic E-state index is -1.09. The molecule has 0 bridgehead atoms. The maximum Gasteiger partial charge on any atom is 0.335 e. The molecule has 1 fully saturated rings. The maximum atomic E-state index is 12.5. The molecule has 1 saturated heterocycles. The van der Waals surface area contributed by atoms with Gasteiger partial charge in [-0.1, -0.05) is 15.9 Å². The van der Waals surface area contributed by atoms with E-state index < -0.39 is 29.6 Å². The van der Waals surface area contributed by atoms with E-state index in [9.17, 15) is 24.3 Å². The second-order valence-electron chi connectivity index (χ2n) is 5.90. The van der Waals surface area contributed by atoms with Crippen molar-refractivity contribution in [2.45, 2.75) is 0 Å². The Hall–Kier alpha value is -3.11. The summed E-state index contributed by atoms with van der Waals surface area (Å²) in [5, 5.41) is 20.7. The average Bonchev–Trinajstić information content (AvgIpc) is 2.92. The molecule has 1 heterocycles. The molecular weight excluding hydrogens is 464 g/mol. The second-order valence-corrected chi connectivity index (χ2v) is 7.81. The number of aromatic hydroxyl groups is 1. The van der Waals surface area contributed by atoms with Gasteiger partial charge in [0.05, 0.1) is 10.5 Å². The van der Waals surface area contributed by atoms with Crippen molar-refractivity contribution >= 4 is 62.5 Å². The van der Waals surface area contributed by atoms with Crippen LogP contribution in [0.2, 0.25) is 0 Å². The van der Waals surface area contributed by atoms with Crippen LogP contribution in [0.1, 0.15) is 15.9 Å². The Morgan fingerprint density at radius 3 is 2.48 bits per heavy atom. The standard InChI is InChI=1S/C19H13BrN2O6S/c20-12-3-6-14(23)11(7-12)8-15-17(25)22(19(28)29-15)9-16(24)21-13-4-1-10(2-5-13)18(26)27/h1-8,23H,9H2,(H,21,24)(H,26,27)/b15-8-. The van der Waals surface area contributed by atoms with E-state index in [2.05, 4.69) is 21.2 Å². The van der Waals surface area contributed by atoms with Gasteiger partial charge in [-0.05, 0) is 60.3 Å². The number of phenolic OH excluding ortho intramolecular Hbond substituents is 1. The summed E-state index contributed by atoms with van der Waals surface area (Å²) in [6.45, 7) is -0.493. The normalized spacial score (nSPS) is 15.1. The Labute approximate surface area is 177 Å². The fourth-order valence-electron chi connectivity index (χ4n) is 2.46. The smallest absolute Gasteiger partial charge is 0.335 e. The summed E-state index contributed by atoms with van der Waals surface area (Å²) in [5.74, 6) is -2.40. The monoisotopic (exact) mass is 476 g/mol. The lowest BCUT2D eigenvalue weighted by atomic mass is 10.2. The van der Waals surface area contributed by atoms with Crippen molar-refractivity contribution in [1.82, 2.24) is 4.90 Å². The predicted octanol–water partition coefficient (Wildman–Crippen LogP) is 3.53. The number of aromatic carboxylic acids is 1. The molecule has 2 aromatic carbocycles. The molecule has 1 aliphatic rings. The number of thioether (sulfide) groups is 1. The number of anilines is 1. The first-order valence-electron chi connectivity index (χ1n) is 8.11. The van der Waals surface area contributed by atoms with E-state index in [1.54, 1.807) is 12.1 Å². The number of carboxylic acids is 1. The van der Waals surface area contributed by atoms with Crippen LogP contribution in [0.25, 0.3) is 6.08 Å². The van der Waals surface area contributed by atoms with Crippen molar-refractivity contribution in [3.63, 3.8) is 0 Å². The largest absolute Gasteiger partial charge is 0.507 e. The van der Waals surface area contributed by atoms with Crippen LogP contribution in [0, 0.1) is 0 Å². The minimum Gasteiger partial charge on any atom is -0.507 e. The van der Waals surface area contributed by atoms with E-state index in [0.717, 1.165) is 4.90 Å². The van der Waals surface area contributed by atoms with Crippen molar-refractivity contribution in [2.24, 2.45) is 0 Å². The SMILES string of the molecule is O=C(CN1C(=O)S/C(=C\c2cc(Br)ccc2O)C1=O)Nc1ccc(C(=O)O)cc1. The van der Waals surface area contributed by atoms with Gasteiger partial charge in [-0.2, -0.15) is 0 Å². The summed E-state index contributed by atoms with van der Waals surface area (Å²) in [5.41, 5.74) is 0.754. The van der Waals surface area contributed by atoms with Crippen LogP contribution in [-0.2, 0) is 9.59 Å². The predicted molar refractivity (Wildman–Crippen MR) is 111 cm³/mol. The van der Waals surface area contributed by atoms with E-state index in [1.165, 1.54) is 36.4 Å². The zero-order valence-corrected chi connectivity index (χ0v) is 17.0. The van der Waals surface area contributed by atoms with Gasteiger partial charge in [0.1, 0.15) is 12.3 Å². The van der Waals surface area contributed by atoms with Crippen molar-refractivity contribution in [1.29, 1.82) is 0 Å². The van der Waals surface area contributed by atoms with Crippen molar-refractivity contribution in [2.75, 3.05) is 11.9 Å². The molecule has 3 amide bonds. The molecule has 3 N–H and O–H groups in total. The van der Waals surface area contributed by atoms with Gasteiger partial charge < -0.3 is 15.5 Å². The molecule has 29 heavy (non-hydrogen) atoms. The average molecular weight is 477 g/mol. The van der Waals surface area contributed by atoms with E-state index in [4.69, 9.17) is 5.11 Å². The summed E-state index contributed by atoms with van der Waals surface area (Å²) in [6, 6.07) is 10.1. The van der Waals surface area contributed by atoms with Gasteiger partial charge in [-0.3, -0.25) is 19.3 Å². The molecule has 0 saturated carbocycles. The third-order valence-corrected chi connectivity index (χ3v) is 5.27. The Balaban J connectivity index is 1.69. The number of nitrogens with one attached hydrogen (secondary N) is 1. The third-order valence-electron chi connectivity index (χ3n) is 3.87.